The summed E-state index contributed by atoms with van der Waals surface area (Å²) in [6.07, 6.45) is 0. The fourth-order valence-corrected chi connectivity index (χ4v) is 2.08. The van der Waals surface area contributed by atoms with Crippen LogP contribution in [0.2, 0.25) is 0 Å². The van der Waals surface area contributed by atoms with Crippen LogP contribution in [0.4, 0.5) is 9.18 Å². The molecule has 0 fully saturated rings. The Bertz CT molecular complexity index is 646. The number of nitrogens with zero attached hydrogens (tertiary/aromatic N) is 1. The lowest BCUT2D eigenvalue weighted by molar-refractivity contribution is 0.206. The Morgan fingerprint density at radius 3 is 2.64 bits per heavy atom. The predicted molar refractivity (Wildman–Crippen MR) is 83.1 cm³/mol. The van der Waals surface area contributed by atoms with Crippen molar-refractivity contribution in [3.63, 3.8) is 0 Å². The molecule has 116 valence electrons. The quantitative estimate of drug-likeness (QED) is 0.921. The molecule has 2 amide bonds. The molecule has 0 aliphatic carbocycles. The van der Waals surface area contributed by atoms with Crippen molar-refractivity contribution in [1.29, 1.82) is 0 Å². The second kappa shape index (κ2) is 7.45. The average Bonchev–Trinajstić information content (AvgIpc) is 2.52. The maximum atomic E-state index is 13.1. The van der Waals surface area contributed by atoms with Crippen LogP contribution in [0.5, 0.6) is 5.75 Å². The summed E-state index contributed by atoms with van der Waals surface area (Å²) in [5, 5.41) is 2.82. The number of carbonyl (C=O) groups excluding carboxylic acids is 1. The summed E-state index contributed by atoms with van der Waals surface area (Å²) in [6.45, 7) is 0.755. The molecule has 4 nitrogen and oxygen atoms in total. The van der Waals surface area contributed by atoms with E-state index < -0.39 is 0 Å². The maximum Gasteiger partial charge on any atom is 0.317 e. The van der Waals surface area contributed by atoms with Crippen LogP contribution in [0.15, 0.2) is 48.5 Å². The Hall–Kier alpha value is -2.56. The van der Waals surface area contributed by atoms with E-state index in [0.29, 0.717) is 13.1 Å². The van der Waals surface area contributed by atoms with Crippen LogP contribution in [0.1, 0.15) is 11.1 Å². The van der Waals surface area contributed by atoms with Gasteiger partial charge in [0.25, 0.3) is 0 Å². The number of ether oxygens (including phenoxy) is 1. The van der Waals surface area contributed by atoms with Gasteiger partial charge in [0.15, 0.2) is 0 Å². The smallest absolute Gasteiger partial charge is 0.317 e. The molecule has 0 spiro atoms. The lowest BCUT2D eigenvalue weighted by atomic mass is 10.2. The minimum atomic E-state index is -0.303. The molecule has 0 unspecified atom stereocenters. The molecule has 0 aliphatic rings. The maximum absolute atomic E-state index is 13.1. The van der Waals surface area contributed by atoms with Gasteiger partial charge in [0.1, 0.15) is 11.6 Å². The summed E-state index contributed by atoms with van der Waals surface area (Å²) in [4.78, 5) is 13.6. The molecule has 2 aromatic carbocycles. The van der Waals surface area contributed by atoms with Gasteiger partial charge in [-0.25, -0.2) is 9.18 Å². The van der Waals surface area contributed by atoms with Crippen molar-refractivity contribution in [2.24, 2.45) is 0 Å². The summed E-state index contributed by atoms with van der Waals surface area (Å²) < 4.78 is 18.3. The van der Waals surface area contributed by atoms with Gasteiger partial charge in [0, 0.05) is 20.1 Å². The first-order chi connectivity index (χ1) is 10.6. The Labute approximate surface area is 129 Å². The Morgan fingerprint density at radius 1 is 1.18 bits per heavy atom. The first-order valence-corrected chi connectivity index (χ1v) is 6.95. The molecule has 0 heterocycles. The SMILES string of the molecule is COc1cccc(CNC(=O)N(C)Cc2cccc(F)c2)c1. The van der Waals surface area contributed by atoms with E-state index in [-0.39, 0.29) is 11.8 Å². The van der Waals surface area contributed by atoms with Gasteiger partial charge in [0.05, 0.1) is 7.11 Å². The van der Waals surface area contributed by atoms with Gasteiger partial charge < -0.3 is 15.0 Å². The number of hydrogen-bond donors (Lipinski definition) is 1. The Balaban J connectivity index is 1.88. The van der Waals surface area contributed by atoms with Gasteiger partial charge in [-0.05, 0) is 35.4 Å². The van der Waals surface area contributed by atoms with Crippen molar-refractivity contribution in [2.75, 3.05) is 14.2 Å². The standard InChI is InChI=1S/C17H19FN2O2/c1-20(12-14-6-3-7-15(18)9-14)17(21)19-11-13-5-4-8-16(10-13)22-2/h3-10H,11-12H2,1-2H3,(H,19,21). The Kier molecular flexibility index (Phi) is 5.36. The van der Waals surface area contributed by atoms with E-state index in [0.717, 1.165) is 16.9 Å². The summed E-state index contributed by atoms with van der Waals surface area (Å²) in [5.41, 5.74) is 1.70. The zero-order chi connectivity index (χ0) is 15.9. The number of nitrogens with one attached hydrogen (secondary N) is 1. The van der Waals surface area contributed by atoms with E-state index in [9.17, 15) is 9.18 Å². The van der Waals surface area contributed by atoms with Crippen LogP contribution in [-0.4, -0.2) is 25.1 Å². The summed E-state index contributed by atoms with van der Waals surface area (Å²) >= 11 is 0. The van der Waals surface area contributed by atoms with E-state index in [1.54, 1.807) is 26.3 Å². The van der Waals surface area contributed by atoms with Gasteiger partial charge in [-0.2, -0.15) is 0 Å². The highest BCUT2D eigenvalue weighted by molar-refractivity contribution is 5.73. The molecule has 22 heavy (non-hydrogen) atoms. The normalized spacial score (nSPS) is 10.1. The van der Waals surface area contributed by atoms with E-state index in [1.807, 2.05) is 24.3 Å². The number of benzene rings is 2. The predicted octanol–water partition coefficient (Wildman–Crippen LogP) is 3.18. The largest absolute Gasteiger partial charge is 0.497 e. The van der Waals surface area contributed by atoms with Crippen LogP contribution < -0.4 is 10.1 Å². The Morgan fingerprint density at radius 2 is 1.91 bits per heavy atom. The fraction of sp³-hybridized carbons (Fsp3) is 0.235. The van der Waals surface area contributed by atoms with Crippen molar-refractivity contribution in [3.8, 4) is 5.75 Å². The second-order valence-corrected chi connectivity index (χ2v) is 5.00. The highest BCUT2D eigenvalue weighted by Crippen LogP contribution is 2.12. The molecule has 0 atom stereocenters. The number of hydrogen-bond acceptors (Lipinski definition) is 2. The van der Waals surface area contributed by atoms with Crippen molar-refractivity contribution in [3.05, 3.63) is 65.5 Å². The summed E-state index contributed by atoms with van der Waals surface area (Å²) in [6, 6.07) is 13.5. The number of methoxy groups -OCH3 is 1. The molecule has 0 saturated carbocycles. The van der Waals surface area contributed by atoms with Crippen molar-refractivity contribution in [2.45, 2.75) is 13.1 Å². The van der Waals surface area contributed by atoms with Crippen molar-refractivity contribution in [1.82, 2.24) is 10.2 Å². The van der Waals surface area contributed by atoms with Crippen molar-refractivity contribution >= 4 is 6.03 Å². The monoisotopic (exact) mass is 302 g/mol. The lowest BCUT2D eigenvalue weighted by Gasteiger charge is -2.18. The van der Waals surface area contributed by atoms with E-state index in [4.69, 9.17) is 4.74 Å². The third kappa shape index (κ3) is 4.48. The zero-order valence-electron chi connectivity index (χ0n) is 12.7. The van der Waals surface area contributed by atoms with Gasteiger partial charge in [-0.3, -0.25) is 0 Å². The fourth-order valence-electron chi connectivity index (χ4n) is 2.08. The second-order valence-electron chi connectivity index (χ2n) is 5.00. The highest BCUT2D eigenvalue weighted by Gasteiger charge is 2.09. The highest BCUT2D eigenvalue weighted by atomic mass is 19.1. The van der Waals surface area contributed by atoms with Gasteiger partial charge in [-0.15, -0.1) is 0 Å². The first-order valence-electron chi connectivity index (χ1n) is 6.95. The number of amides is 2. The van der Waals surface area contributed by atoms with E-state index in [2.05, 4.69) is 5.32 Å². The molecule has 2 rings (SSSR count). The van der Waals surface area contributed by atoms with Crippen LogP contribution in [0, 0.1) is 5.82 Å². The molecule has 0 radical (unpaired) electrons. The number of rotatable bonds is 5. The first kappa shape index (κ1) is 15.8. The molecular formula is C17H19FN2O2. The molecule has 1 N–H and O–H groups in total. The van der Waals surface area contributed by atoms with Crippen molar-refractivity contribution < 1.29 is 13.9 Å². The molecule has 0 aliphatic heterocycles. The number of halogens is 1. The minimum Gasteiger partial charge on any atom is -0.497 e. The minimum absolute atomic E-state index is 0.216. The van der Waals surface area contributed by atoms with Gasteiger partial charge in [-0.1, -0.05) is 24.3 Å². The molecular weight excluding hydrogens is 283 g/mol. The third-order valence-electron chi connectivity index (χ3n) is 3.23. The van der Waals surface area contributed by atoms with Gasteiger partial charge >= 0.3 is 6.03 Å². The third-order valence-corrected chi connectivity index (χ3v) is 3.23. The van der Waals surface area contributed by atoms with Crippen LogP contribution in [-0.2, 0) is 13.1 Å². The summed E-state index contributed by atoms with van der Waals surface area (Å²) in [5.74, 6) is 0.447. The molecule has 0 bridgehead atoms. The van der Waals surface area contributed by atoms with Crippen LogP contribution in [0.3, 0.4) is 0 Å². The topological polar surface area (TPSA) is 41.6 Å². The van der Waals surface area contributed by atoms with Gasteiger partial charge in [0.2, 0.25) is 0 Å². The average molecular weight is 302 g/mol. The molecule has 2 aromatic rings. The summed E-state index contributed by atoms with van der Waals surface area (Å²) in [7, 11) is 3.27. The molecule has 5 heteroatoms. The van der Waals surface area contributed by atoms with Crippen LogP contribution in [0.25, 0.3) is 0 Å². The van der Waals surface area contributed by atoms with Crippen LogP contribution >= 0.6 is 0 Å². The molecule has 0 saturated heterocycles. The van der Waals surface area contributed by atoms with E-state index >= 15 is 0 Å². The number of carbonyl (C=O) groups is 1. The lowest BCUT2D eigenvalue weighted by Crippen LogP contribution is -2.36. The van der Waals surface area contributed by atoms with E-state index in [1.165, 1.54) is 17.0 Å². The zero-order valence-corrected chi connectivity index (χ0v) is 12.7. The number of urea groups is 1. The molecule has 0 aromatic heterocycles.